The zero-order valence-corrected chi connectivity index (χ0v) is 13.7. The maximum atomic E-state index is 9.96. The van der Waals surface area contributed by atoms with Crippen LogP contribution in [-0.4, -0.2) is 50.0 Å². The van der Waals surface area contributed by atoms with E-state index < -0.39 is 6.10 Å². The summed E-state index contributed by atoms with van der Waals surface area (Å²) in [5.74, 6) is 0.839. The van der Waals surface area contributed by atoms with Crippen molar-refractivity contribution in [1.82, 2.24) is 0 Å². The van der Waals surface area contributed by atoms with Crippen LogP contribution in [0.15, 0.2) is 59.9 Å². The molecule has 0 aromatic heterocycles. The lowest BCUT2D eigenvalue weighted by atomic mass is 10.0. The number of hydrogen-bond donors (Lipinski definition) is 1. The minimum absolute atomic E-state index is 0.337. The largest absolute Gasteiger partial charge is 0.491 e. The molecule has 1 unspecified atom stereocenters. The van der Waals surface area contributed by atoms with Crippen molar-refractivity contribution in [3.05, 3.63) is 65.5 Å². The number of hydrogen-bond acceptors (Lipinski definition) is 2. The molecule has 1 N–H and O–H groups in total. The van der Waals surface area contributed by atoms with Gasteiger partial charge in [0.05, 0.1) is 21.1 Å². The molecule has 0 heterocycles. The molecule has 1 aromatic carbocycles. The topological polar surface area (TPSA) is 29.5 Å². The van der Waals surface area contributed by atoms with Crippen LogP contribution in [0.25, 0.3) is 6.08 Å². The number of aliphatic hydroxyl groups excluding tert-OH is 1. The van der Waals surface area contributed by atoms with Crippen molar-refractivity contribution in [2.75, 3.05) is 34.3 Å². The molecule has 2 rings (SSSR count). The number of nitrogens with zero attached hydrogens (tertiary/aromatic N) is 1. The van der Waals surface area contributed by atoms with E-state index in [9.17, 15) is 5.11 Å². The monoisotopic (exact) mass is 300 g/mol. The van der Waals surface area contributed by atoms with Crippen molar-refractivity contribution < 1.29 is 14.3 Å². The lowest BCUT2D eigenvalue weighted by Gasteiger charge is -2.26. The summed E-state index contributed by atoms with van der Waals surface area (Å²) in [7, 11) is 6.18. The number of rotatable bonds is 6. The molecule has 3 nitrogen and oxygen atoms in total. The molecular weight excluding hydrogens is 274 g/mol. The molecule has 22 heavy (non-hydrogen) atoms. The summed E-state index contributed by atoms with van der Waals surface area (Å²) < 4.78 is 6.40. The van der Waals surface area contributed by atoms with Gasteiger partial charge in [0.15, 0.2) is 0 Å². The maximum Gasteiger partial charge on any atom is 0.137 e. The van der Waals surface area contributed by atoms with Gasteiger partial charge in [-0.15, -0.1) is 0 Å². The Bertz CT molecular complexity index is 565. The van der Waals surface area contributed by atoms with Gasteiger partial charge in [0.25, 0.3) is 0 Å². The Kier molecular flexibility index (Phi) is 5.58. The van der Waals surface area contributed by atoms with E-state index in [1.54, 1.807) is 0 Å². The first-order valence-corrected chi connectivity index (χ1v) is 7.67. The Morgan fingerprint density at radius 3 is 2.50 bits per heavy atom. The fourth-order valence-electron chi connectivity index (χ4n) is 2.40. The van der Waals surface area contributed by atoms with E-state index in [4.69, 9.17) is 4.74 Å². The van der Waals surface area contributed by atoms with Crippen LogP contribution in [-0.2, 0) is 4.74 Å². The lowest BCUT2D eigenvalue weighted by Crippen LogP contribution is -2.42. The van der Waals surface area contributed by atoms with Gasteiger partial charge in [-0.2, -0.15) is 0 Å². The summed E-state index contributed by atoms with van der Waals surface area (Å²) in [4.78, 5) is 0. The van der Waals surface area contributed by atoms with E-state index in [2.05, 4.69) is 51.5 Å². The van der Waals surface area contributed by atoms with Crippen LogP contribution in [0.5, 0.6) is 0 Å². The molecule has 0 aliphatic heterocycles. The quantitative estimate of drug-likeness (QED) is 0.818. The molecule has 1 aromatic rings. The number of ether oxygens (including phenoxy) is 1. The molecule has 3 heteroatoms. The zero-order valence-electron chi connectivity index (χ0n) is 13.7. The van der Waals surface area contributed by atoms with Crippen LogP contribution in [0, 0.1) is 0 Å². The van der Waals surface area contributed by atoms with E-state index in [0.717, 1.165) is 16.7 Å². The highest BCUT2D eigenvalue weighted by molar-refractivity contribution is 5.57. The predicted molar refractivity (Wildman–Crippen MR) is 91.1 cm³/mol. The summed E-state index contributed by atoms with van der Waals surface area (Å²) in [6.07, 6.45) is 8.69. The van der Waals surface area contributed by atoms with Crippen LogP contribution in [0.1, 0.15) is 12.0 Å². The van der Waals surface area contributed by atoms with Crippen molar-refractivity contribution in [2.45, 2.75) is 12.5 Å². The third kappa shape index (κ3) is 5.88. The van der Waals surface area contributed by atoms with Gasteiger partial charge in [-0.05, 0) is 29.7 Å². The minimum Gasteiger partial charge on any atom is -0.491 e. The standard InChI is InChI=1S/C19H26NO2/c1-20(2,3)14-18(21)15-22-19-11-9-17(10-12-19)13-16-7-5-4-6-8-16/h4-9,11-13,18,21H,10,14-15H2,1-3H3/q+1. The van der Waals surface area contributed by atoms with Crippen molar-refractivity contribution in [3.8, 4) is 0 Å². The van der Waals surface area contributed by atoms with E-state index in [1.165, 1.54) is 11.1 Å². The molecular formula is C19H26NO2+. The zero-order chi connectivity index (χ0) is 16.0. The molecule has 1 aliphatic carbocycles. The summed E-state index contributed by atoms with van der Waals surface area (Å²) in [6.45, 7) is 1.01. The first kappa shape index (κ1) is 16.5. The number of quaternary nitrogens is 1. The van der Waals surface area contributed by atoms with Crippen molar-refractivity contribution in [1.29, 1.82) is 0 Å². The van der Waals surface area contributed by atoms with Crippen LogP contribution >= 0.6 is 0 Å². The molecule has 0 amide bonds. The molecule has 0 spiro atoms. The second kappa shape index (κ2) is 7.43. The minimum atomic E-state index is -0.449. The summed E-state index contributed by atoms with van der Waals surface area (Å²) in [6, 6.07) is 10.3. The van der Waals surface area contributed by atoms with Gasteiger partial charge in [0.2, 0.25) is 0 Å². The van der Waals surface area contributed by atoms with Crippen LogP contribution in [0.3, 0.4) is 0 Å². The fourth-order valence-corrected chi connectivity index (χ4v) is 2.40. The van der Waals surface area contributed by atoms with Crippen molar-refractivity contribution in [3.63, 3.8) is 0 Å². The molecule has 0 saturated carbocycles. The van der Waals surface area contributed by atoms with E-state index in [-0.39, 0.29) is 0 Å². The summed E-state index contributed by atoms with van der Waals surface area (Å²) in [5, 5.41) is 9.96. The van der Waals surface area contributed by atoms with Crippen LogP contribution in [0.2, 0.25) is 0 Å². The molecule has 0 fully saturated rings. The van der Waals surface area contributed by atoms with Crippen LogP contribution in [0.4, 0.5) is 0 Å². The fraction of sp³-hybridized carbons (Fsp3) is 0.368. The third-order valence-corrected chi connectivity index (χ3v) is 3.35. The van der Waals surface area contributed by atoms with E-state index >= 15 is 0 Å². The Morgan fingerprint density at radius 1 is 1.18 bits per heavy atom. The number of aliphatic hydroxyl groups is 1. The predicted octanol–water partition coefficient (Wildman–Crippen LogP) is 3.00. The normalized spacial score (nSPS) is 18.2. The maximum absolute atomic E-state index is 9.96. The van der Waals surface area contributed by atoms with Gasteiger partial charge in [-0.25, -0.2) is 0 Å². The summed E-state index contributed by atoms with van der Waals surface area (Å²) >= 11 is 0. The number of likely N-dealkylation sites (N-methyl/N-ethyl adjacent to an activating group) is 1. The van der Waals surface area contributed by atoms with Gasteiger partial charge < -0.3 is 14.3 Å². The second-order valence-corrected chi connectivity index (χ2v) is 6.71. The molecule has 0 saturated heterocycles. The summed E-state index contributed by atoms with van der Waals surface area (Å²) in [5.41, 5.74) is 2.46. The van der Waals surface area contributed by atoms with Crippen molar-refractivity contribution in [2.24, 2.45) is 0 Å². The Morgan fingerprint density at radius 2 is 1.91 bits per heavy atom. The van der Waals surface area contributed by atoms with Crippen LogP contribution < -0.4 is 0 Å². The SMILES string of the molecule is C[N+](C)(C)CC(O)COC1=CCC(=Cc2ccccc2)C=C1. The highest BCUT2D eigenvalue weighted by Crippen LogP contribution is 2.19. The van der Waals surface area contributed by atoms with E-state index in [1.807, 2.05) is 24.3 Å². The van der Waals surface area contributed by atoms with Gasteiger partial charge >= 0.3 is 0 Å². The lowest BCUT2D eigenvalue weighted by molar-refractivity contribution is -0.873. The number of benzene rings is 1. The Hall–Kier alpha value is -1.84. The van der Waals surface area contributed by atoms with Gasteiger partial charge in [-0.3, -0.25) is 0 Å². The number of allylic oxidation sites excluding steroid dienone is 4. The average molecular weight is 300 g/mol. The molecule has 0 radical (unpaired) electrons. The van der Waals surface area contributed by atoms with Crippen molar-refractivity contribution >= 4 is 6.08 Å². The molecule has 1 aliphatic rings. The van der Waals surface area contributed by atoms with Gasteiger partial charge in [-0.1, -0.05) is 42.5 Å². The molecule has 1 atom stereocenters. The second-order valence-electron chi connectivity index (χ2n) is 6.71. The first-order valence-electron chi connectivity index (χ1n) is 7.67. The molecule has 118 valence electrons. The van der Waals surface area contributed by atoms with Gasteiger partial charge in [0.1, 0.15) is 25.0 Å². The Balaban J connectivity index is 1.83. The van der Waals surface area contributed by atoms with E-state index in [0.29, 0.717) is 13.2 Å². The Labute approximate surface area is 133 Å². The third-order valence-electron chi connectivity index (χ3n) is 3.35. The first-order chi connectivity index (χ1) is 10.4. The average Bonchev–Trinajstić information content (AvgIpc) is 2.46. The molecule has 0 bridgehead atoms. The van der Waals surface area contributed by atoms with Gasteiger partial charge in [0, 0.05) is 0 Å². The highest BCUT2D eigenvalue weighted by atomic mass is 16.5. The smallest absolute Gasteiger partial charge is 0.137 e. The highest BCUT2D eigenvalue weighted by Gasteiger charge is 2.16.